The highest BCUT2D eigenvalue weighted by Crippen LogP contribution is 2.43. The molecule has 1 N–H and O–H groups in total. The number of aromatic nitrogens is 1. The predicted molar refractivity (Wildman–Crippen MR) is 136 cm³/mol. The lowest BCUT2D eigenvalue weighted by Gasteiger charge is -2.24. The van der Waals surface area contributed by atoms with Gasteiger partial charge in [-0.2, -0.15) is 0 Å². The number of hydrogen-bond donors (Lipinski definition) is 1. The zero-order valence-electron chi connectivity index (χ0n) is 19.9. The molecule has 1 aromatic heterocycles. The van der Waals surface area contributed by atoms with Gasteiger partial charge in [0.1, 0.15) is 10.6 Å². The number of ether oxygens (including phenoxy) is 2. The number of aliphatic hydroxyl groups excluding tert-OH is 1. The van der Waals surface area contributed by atoms with Gasteiger partial charge < -0.3 is 14.6 Å². The van der Waals surface area contributed by atoms with Crippen LogP contribution in [0.2, 0.25) is 0 Å². The largest absolute Gasteiger partial charge is 0.503 e. The van der Waals surface area contributed by atoms with Crippen molar-refractivity contribution in [1.29, 1.82) is 0 Å². The number of esters is 1. The highest BCUT2D eigenvalue weighted by molar-refractivity contribution is 7.17. The molecule has 0 saturated heterocycles. The summed E-state index contributed by atoms with van der Waals surface area (Å²) < 4.78 is 10.3. The van der Waals surface area contributed by atoms with E-state index in [1.54, 1.807) is 44.2 Å². The van der Waals surface area contributed by atoms with Crippen molar-refractivity contribution in [2.45, 2.75) is 19.9 Å². The van der Waals surface area contributed by atoms with Crippen molar-refractivity contribution in [2.24, 2.45) is 0 Å². The molecule has 184 valence electrons. The number of aliphatic hydroxyl groups is 1. The molecule has 0 aliphatic carbocycles. The Morgan fingerprint density at radius 2 is 1.83 bits per heavy atom. The molecule has 8 nitrogen and oxygen atoms in total. The fraction of sp³-hybridized carbons (Fsp3) is 0.185. The second-order valence-electron chi connectivity index (χ2n) is 7.85. The van der Waals surface area contributed by atoms with Crippen molar-refractivity contribution in [1.82, 2.24) is 4.98 Å². The second-order valence-corrected chi connectivity index (χ2v) is 8.83. The quantitative estimate of drug-likeness (QED) is 0.346. The van der Waals surface area contributed by atoms with Crippen molar-refractivity contribution < 1.29 is 29.0 Å². The molecule has 1 amide bonds. The van der Waals surface area contributed by atoms with Gasteiger partial charge in [-0.3, -0.25) is 14.5 Å². The standard InChI is InChI=1S/C27H24N2O6S/c1-4-35-26(33)24-16(2)28-27(36-24)29-22(18-11-13-19(34-3)14-12-18)21(23(31)25(29)32)20(30)15-10-17-8-6-5-7-9-17/h5-15,22,31H,4H2,1-3H3. The summed E-state index contributed by atoms with van der Waals surface area (Å²) in [6, 6.07) is 15.1. The molecule has 1 unspecified atom stereocenters. The summed E-state index contributed by atoms with van der Waals surface area (Å²) in [5.74, 6) is -1.92. The van der Waals surface area contributed by atoms with Crippen LogP contribution in [-0.4, -0.2) is 41.5 Å². The van der Waals surface area contributed by atoms with E-state index in [1.807, 2.05) is 30.3 Å². The second kappa shape index (κ2) is 10.6. The van der Waals surface area contributed by atoms with Crippen molar-refractivity contribution in [3.05, 3.63) is 93.7 Å². The molecular weight excluding hydrogens is 480 g/mol. The van der Waals surface area contributed by atoms with E-state index >= 15 is 0 Å². The Balaban J connectivity index is 1.78. The number of hydrogen-bond acceptors (Lipinski definition) is 8. The van der Waals surface area contributed by atoms with Crippen LogP contribution in [0.4, 0.5) is 5.13 Å². The Morgan fingerprint density at radius 1 is 1.14 bits per heavy atom. The number of thiazole rings is 1. The number of nitrogens with zero attached hydrogens (tertiary/aromatic N) is 2. The molecule has 2 aromatic carbocycles. The number of ketones is 1. The summed E-state index contributed by atoms with van der Waals surface area (Å²) >= 11 is 0.968. The third kappa shape index (κ3) is 4.78. The lowest BCUT2D eigenvalue weighted by Crippen LogP contribution is -2.30. The van der Waals surface area contributed by atoms with Gasteiger partial charge in [0.15, 0.2) is 16.7 Å². The fourth-order valence-electron chi connectivity index (χ4n) is 3.85. The molecule has 1 aliphatic heterocycles. The summed E-state index contributed by atoms with van der Waals surface area (Å²) in [7, 11) is 1.53. The van der Waals surface area contributed by atoms with E-state index in [4.69, 9.17) is 9.47 Å². The van der Waals surface area contributed by atoms with E-state index in [2.05, 4.69) is 4.98 Å². The van der Waals surface area contributed by atoms with Crippen LogP contribution >= 0.6 is 11.3 Å². The molecule has 0 bridgehead atoms. The Hall–Kier alpha value is -4.24. The van der Waals surface area contributed by atoms with Crippen LogP contribution in [0, 0.1) is 6.92 Å². The smallest absolute Gasteiger partial charge is 0.350 e. The number of aryl methyl sites for hydroxylation is 1. The number of carbonyl (C=O) groups is 3. The fourth-order valence-corrected chi connectivity index (χ4v) is 4.84. The Labute approximate surface area is 212 Å². The Kier molecular flexibility index (Phi) is 7.30. The first kappa shape index (κ1) is 24.9. The van der Waals surface area contributed by atoms with Crippen LogP contribution < -0.4 is 9.64 Å². The third-order valence-corrected chi connectivity index (χ3v) is 6.72. The SMILES string of the molecule is CCOC(=O)c1sc(N2C(=O)C(O)=C(C(=O)C=Cc3ccccc3)C2c2ccc(OC)cc2)nc1C. The van der Waals surface area contributed by atoms with E-state index in [0.29, 0.717) is 17.0 Å². The zero-order chi connectivity index (χ0) is 25.8. The first-order valence-corrected chi connectivity index (χ1v) is 12.0. The summed E-state index contributed by atoms with van der Waals surface area (Å²) in [5.41, 5.74) is 1.67. The first-order valence-electron chi connectivity index (χ1n) is 11.2. The maximum atomic E-state index is 13.3. The number of carbonyl (C=O) groups excluding carboxylic acids is 3. The minimum absolute atomic E-state index is 0.0807. The molecule has 1 atom stereocenters. The van der Waals surface area contributed by atoms with Crippen molar-refractivity contribution in [3.63, 3.8) is 0 Å². The van der Waals surface area contributed by atoms with Crippen molar-refractivity contribution in [2.75, 3.05) is 18.6 Å². The molecular formula is C27H24N2O6S. The molecule has 0 fully saturated rings. The van der Waals surface area contributed by atoms with E-state index in [-0.39, 0.29) is 22.2 Å². The predicted octanol–water partition coefficient (Wildman–Crippen LogP) is 4.82. The Bertz CT molecular complexity index is 1360. The van der Waals surface area contributed by atoms with E-state index in [9.17, 15) is 19.5 Å². The number of methoxy groups -OCH3 is 1. The molecule has 1 aliphatic rings. The number of amides is 1. The molecule has 0 spiro atoms. The van der Waals surface area contributed by atoms with Crippen LogP contribution in [0.15, 0.2) is 72.0 Å². The van der Waals surface area contributed by atoms with Crippen LogP contribution in [-0.2, 0) is 14.3 Å². The average Bonchev–Trinajstić information content (AvgIpc) is 3.40. The Morgan fingerprint density at radius 3 is 2.47 bits per heavy atom. The van der Waals surface area contributed by atoms with Gasteiger partial charge in [-0.25, -0.2) is 9.78 Å². The lowest BCUT2D eigenvalue weighted by molar-refractivity contribution is -0.117. The van der Waals surface area contributed by atoms with Gasteiger partial charge in [0, 0.05) is 0 Å². The summed E-state index contributed by atoms with van der Waals surface area (Å²) in [5, 5.41) is 11.0. The highest BCUT2D eigenvalue weighted by atomic mass is 32.1. The molecule has 0 saturated carbocycles. The summed E-state index contributed by atoms with van der Waals surface area (Å²) in [6.07, 6.45) is 2.94. The number of benzene rings is 2. The molecule has 9 heteroatoms. The van der Waals surface area contributed by atoms with Crippen LogP contribution in [0.3, 0.4) is 0 Å². The minimum Gasteiger partial charge on any atom is -0.503 e. The topological polar surface area (TPSA) is 106 Å². The number of rotatable bonds is 8. The molecule has 0 radical (unpaired) electrons. The monoisotopic (exact) mass is 504 g/mol. The normalized spacial score (nSPS) is 15.6. The number of anilines is 1. The molecule has 3 aromatic rings. The first-order chi connectivity index (χ1) is 17.3. The maximum Gasteiger partial charge on any atom is 0.350 e. The van der Waals surface area contributed by atoms with Gasteiger partial charge >= 0.3 is 5.97 Å². The van der Waals surface area contributed by atoms with Crippen LogP contribution in [0.1, 0.15) is 39.5 Å². The van der Waals surface area contributed by atoms with Crippen LogP contribution in [0.25, 0.3) is 6.08 Å². The third-order valence-electron chi connectivity index (χ3n) is 5.58. The lowest BCUT2D eigenvalue weighted by atomic mass is 9.95. The summed E-state index contributed by atoms with van der Waals surface area (Å²) in [4.78, 5) is 44.9. The van der Waals surface area contributed by atoms with Gasteiger partial charge in [-0.15, -0.1) is 0 Å². The van der Waals surface area contributed by atoms with Gasteiger partial charge in [0.2, 0.25) is 0 Å². The average molecular weight is 505 g/mol. The number of allylic oxidation sites excluding steroid dienone is 1. The summed E-state index contributed by atoms with van der Waals surface area (Å²) in [6.45, 7) is 3.52. The van der Waals surface area contributed by atoms with Crippen molar-refractivity contribution >= 4 is 40.2 Å². The zero-order valence-corrected chi connectivity index (χ0v) is 20.7. The molecule has 2 heterocycles. The van der Waals surface area contributed by atoms with Gasteiger partial charge in [0.25, 0.3) is 5.91 Å². The van der Waals surface area contributed by atoms with E-state index < -0.39 is 29.5 Å². The van der Waals surface area contributed by atoms with Gasteiger partial charge in [-0.05, 0) is 43.2 Å². The van der Waals surface area contributed by atoms with E-state index in [0.717, 1.165) is 16.9 Å². The maximum absolute atomic E-state index is 13.3. The molecule has 36 heavy (non-hydrogen) atoms. The highest BCUT2D eigenvalue weighted by Gasteiger charge is 2.45. The van der Waals surface area contributed by atoms with Crippen LogP contribution in [0.5, 0.6) is 5.75 Å². The molecule has 4 rings (SSSR count). The van der Waals surface area contributed by atoms with Gasteiger partial charge in [0.05, 0.1) is 31.0 Å². The van der Waals surface area contributed by atoms with Crippen molar-refractivity contribution in [3.8, 4) is 5.75 Å². The minimum atomic E-state index is -0.961. The van der Waals surface area contributed by atoms with E-state index in [1.165, 1.54) is 18.1 Å². The van der Waals surface area contributed by atoms with Gasteiger partial charge in [-0.1, -0.05) is 59.9 Å².